The quantitative estimate of drug-likeness (QED) is 0.100. The molecule has 0 spiro atoms. The SMILES string of the molecule is CC(C(C)N(CC(=O)O)CC(=O)O)C(CC(=O)O)C(C)(C)CC(C)(C)N(CC(=O)O)C(C)C(C)N(CC(=O)O)CC(=O)O. The van der Waals surface area contributed by atoms with E-state index in [4.69, 9.17) is 0 Å². The lowest BCUT2D eigenvalue weighted by molar-refractivity contribution is -0.148. The summed E-state index contributed by atoms with van der Waals surface area (Å²) in [4.78, 5) is 73.9. The average Bonchev–Trinajstić information content (AvgIpc) is 2.81. The lowest BCUT2D eigenvalue weighted by Crippen LogP contribution is -2.60. The van der Waals surface area contributed by atoms with E-state index in [1.165, 1.54) is 9.80 Å². The minimum atomic E-state index is -1.25. The standard InChI is InChI=1S/C28H49N3O12/c1-16(17(2)29(10-22(34)35)11-23(36)37)20(9-21(32)33)27(5,6)15-28(7,8)31(14-26(42)43)19(4)18(3)30(12-24(38)39)13-25(40)41/h16-20H,9-15H2,1-8H3,(H,32,33)(H,34,35)(H,36,37)(H,38,39)(H,40,41)(H,42,43). The first-order valence-corrected chi connectivity index (χ1v) is 14.0. The Balaban J connectivity index is 6.55. The van der Waals surface area contributed by atoms with Crippen LogP contribution in [0.15, 0.2) is 0 Å². The maximum atomic E-state index is 12.0. The fourth-order valence-electron chi connectivity index (χ4n) is 6.38. The number of aliphatic carboxylic acids is 6. The van der Waals surface area contributed by atoms with Gasteiger partial charge in [-0.2, -0.15) is 0 Å². The number of hydrogen-bond donors (Lipinski definition) is 6. The summed E-state index contributed by atoms with van der Waals surface area (Å²) in [5.74, 6) is -8.36. The molecule has 0 aromatic rings. The molecule has 6 N–H and O–H groups in total. The van der Waals surface area contributed by atoms with Crippen LogP contribution in [0.25, 0.3) is 0 Å². The van der Waals surface area contributed by atoms with Gasteiger partial charge in [-0.15, -0.1) is 0 Å². The molecule has 5 unspecified atom stereocenters. The molecule has 15 nitrogen and oxygen atoms in total. The number of carboxylic acids is 6. The predicted octanol–water partition coefficient (Wildman–Crippen LogP) is 1.40. The summed E-state index contributed by atoms with van der Waals surface area (Å²) in [6, 6.07) is -2.01. The summed E-state index contributed by atoms with van der Waals surface area (Å²) in [5, 5.41) is 56.9. The molecular weight excluding hydrogens is 570 g/mol. The van der Waals surface area contributed by atoms with Gasteiger partial charge in [0.05, 0.1) is 32.7 Å². The second-order valence-corrected chi connectivity index (χ2v) is 12.7. The topological polar surface area (TPSA) is 234 Å². The van der Waals surface area contributed by atoms with Crippen molar-refractivity contribution < 1.29 is 59.4 Å². The van der Waals surface area contributed by atoms with Crippen LogP contribution in [-0.2, 0) is 28.8 Å². The van der Waals surface area contributed by atoms with Gasteiger partial charge in [-0.1, -0.05) is 20.8 Å². The molecule has 43 heavy (non-hydrogen) atoms. The summed E-state index contributed by atoms with van der Waals surface area (Å²) in [7, 11) is 0. The molecule has 0 aliphatic rings. The molecule has 0 aromatic heterocycles. The Bertz CT molecular complexity index is 905. The number of nitrogens with zero attached hydrogens (tertiary/aromatic N) is 3. The highest BCUT2D eigenvalue weighted by Crippen LogP contribution is 2.45. The van der Waals surface area contributed by atoms with Gasteiger partial charge in [0.25, 0.3) is 0 Å². The fourth-order valence-corrected chi connectivity index (χ4v) is 6.38. The van der Waals surface area contributed by atoms with E-state index in [0.717, 1.165) is 0 Å². The van der Waals surface area contributed by atoms with Crippen LogP contribution >= 0.6 is 0 Å². The fraction of sp³-hybridized carbons (Fsp3) is 0.786. The Morgan fingerprint density at radius 1 is 0.535 bits per heavy atom. The number of carboxylic acid groups (broad SMARTS) is 6. The molecule has 0 rings (SSSR count). The molecule has 0 heterocycles. The summed E-state index contributed by atoms with van der Waals surface area (Å²) in [6.07, 6.45) is -0.0898. The first-order valence-electron chi connectivity index (χ1n) is 14.0. The third kappa shape index (κ3) is 13.3. The van der Waals surface area contributed by atoms with E-state index in [2.05, 4.69) is 0 Å². The first kappa shape index (κ1) is 39.7. The smallest absolute Gasteiger partial charge is 0.317 e. The zero-order valence-electron chi connectivity index (χ0n) is 26.3. The third-order valence-corrected chi connectivity index (χ3v) is 8.46. The minimum Gasteiger partial charge on any atom is -0.481 e. The van der Waals surface area contributed by atoms with Crippen molar-refractivity contribution in [3.63, 3.8) is 0 Å². The molecular formula is C28H49N3O12. The molecule has 0 aliphatic carbocycles. The lowest BCUT2D eigenvalue weighted by Gasteiger charge is -2.51. The molecule has 0 fully saturated rings. The highest BCUT2D eigenvalue weighted by Gasteiger charge is 2.45. The van der Waals surface area contributed by atoms with Crippen molar-refractivity contribution in [2.75, 3.05) is 32.7 Å². The lowest BCUT2D eigenvalue weighted by atomic mass is 9.63. The zero-order valence-corrected chi connectivity index (χ0v) is 26.3. The molecule has 0 amide bonds. The van der Waals surface area contributed by atoms with Gasteiger partial charge in [0.1, 0.15) is 0 Å². The summed E-state index contributed by atoms with van der Waals surface area (Å²) < 4.78 is 0. The van der Waals surface area contributed by atoms with Crippen LogP contribution in [0.3, 0.4) is 0 Å². The molecule has 0 aromatic carbocycles. The van der Waals surface area contributed by atoms with E-state index in [1.54, 1.807) is 46.4 Å². The maximum absolute atomic E-state index is 12.0. The van der Waals surface area contributed by atoms with E-state index in [1.807, 2.05) is 13.8 Å². The summed E-state index contributed by atoms with van der Waals surface area (Å²) in [6.45, 7) is 11.1. The van der Waals surface area contributed by atoms with Crippen LogP contribution in [-0.4, -0.2) is 138 Å². The van der Waals surface area contributed by atoms with Crippen LogP contribution in [0.5, 0.6) is 0 Å². The largest absolute Gasteiger partial charge is 0.481 e. The second kappa shape index (κ2) is 16.5. The number of carbonyl (C=O) groups is 6. The van der Waals surface area contributed by atoms with Gasteiger partial charge in [-0.05, 0) is 58.3 Å². The van der Waals surface area contributed by atoms with Gasteiger partial charge in [-0.25, -0.2) is 0 Å². The monoisotopic (exact) mass is 619 g/mol. The van der Waals surface area contributed by atoms with Crippen LogP contribution in [0.4, 0.5) is 0 Å². The Labute approximate surface area is 252 Å². The van der Waals surface area contributed by atoms with Gasteiger partial charge in [0, 0.05) is 30.1 Å². The maximum Gasteiger partial charge on any atom is 0.317 e. The van der Waals surface area contributed by atoms with Crippen LogP contribution in [0.1, 0.15) is 68.2 Å². The first-order chi connectivity index (χ1) is 19.4. The summed E-state index contributed by atoms with van der Waals surface area (Å²) >= 11 is 0. The van der Waals surface area contributed by atoms with Gasteiger partial charge in [0.2, 0.25) is 0 Å². The van der Waals surface area contributed by atoms with Crippen molar-refractivity contribution in [2.45, 2.75) is 91.9 Å². The van der Waals surface area contributed by atoms with Crippen molar-refractivity contribution >= 4 is 35.8 Å². The van der Waals surface area contributed by atoms with Gasteiger partial charge < -0.3 is 30.6 Å². The number of rotatable bonds is 22. The molecule has 0 radical (unpaired) electrons. The van der Waals surface area contributed by atoms with Crippen molar-refractivity contribution in [3.05, 3.63) is 0 Å². The van der Waals surface area contributed by atoms with Gasteiger partial charge >= 0.3 is 35.8 Å². The molecule has 0 bridgehead atoms. The molecule has 5 atom stereocenters. The van der Waals surface area contributed by atoms with Crippen molar-refractivity contribution in [1.29, 1.82) is 0 Å². The normalized spacial score (nSPS) is 16.0. The van der Waals surface area contributed by atoms with E-state index >= 15 is 0 Å². The summed E-state index contributed by atoms with van der Waals surface area (Å²) in [5.41, 5.74) is -1.77. The molecule has 248 valence electrons. The molecule has 0 saturated heterocycles. The molecule has 0 saturated carbocycles. The van der Waals surface area contributed by atoms with E-state index in [9.17, 15) is 59.4 Å². The Kier molecular flexibility index (Phi) is 15.3. The van der Waals surface area contributed by atoms with Crippen molar-refractivity contribution in [2.24, 2.45) is 17.3 Å². The van der Waals surface area contributed by atoms with Crippen molar-refractivity contribution in [1.82, 2.24) is 14.7 Å². The Hall–Kier alpha value is -3.30. The average molecular weight is 620 g/mol. The van der Waals surface area contributed by atoms with Crippen LogP contribution in [0.2, 0.25) is 0 Å². The number of hydrogen-bond acceptors (Lipinski definition) is 9. The Morgan fingerprint density at radius 2 is 0.884 bits per heavy atom. The zero-order chi connectivity index (χ0) is 34.0. The van der Waals surface area contributed by atoms with Crippen LogP contribution < -0.4 is 0 Å². The van der Waals surface area contributed by atoms with E-state index in [-0.39, 0.29) is 12.8 Å². The van der Waals surface area contributed by atoms with E-state index < -0.39 is 109 Å². The van der Waals surface area contributed by atoms with Gasteiger partial charge in [0.15, 0.2) is 0 Å². The third-order valence-electron chi connectivity index (χ3n) is 8.46. The Morgan fingerprint density at radius 3 is 1.21 bits per heavy atom. The molecule has 15 heteroatoms. The second-order valence-electron chi connectivity index (χ2n) is 12.7. The van der Waals surface area contributed by atoms with Crippen LogP contribution in [0, 0.1) is 17.3 Å². The molecule has 0 aliphatic heterocycles. The van der Waals surface area contributed by atoms with Crippen molar-refractivity contribution in [3.8, 4) is 0 Å². The highest BCUT2D eigenvalue weighted by molar-refractivity contribution is 5.73. The van der Waals surface area contributed by atoms with E-state index in [0.29, 0.717) is 0 Å². The highest BCUT2D eigenvalue weighted by atomic mass is 16.4. The predicted molar refractivity (Wildman–Crippen MR) is 154 cm³/mol. The minimum absolute atomic E-state index is 0.231. The van der Waals surface area contributed by atoms with Gasteiger partial charge in [-0.3, -0.25) is 43.5 Å².